The summed E-state index contributed by atoms with van der Waals surface area (Å²) in [4.78, 5) is 91.2. The zero-order valence-corrected chi connectivity index (χ0v) is 36.4. The fourth-order valence-electron chi connectivity index (χ4n) is 5.44. The summed E-state index contributed by atoms with van der Waals surface area (Å²) in [5, 5.41) is 35.2. The summed E-state index contributed by atoms with van der Waals surface area (Å²) >= 11 is 0. The van der Waals surface area contributed by atoms with Crippen molar-refractivity contribution in [3.05, 3.63) is 86.0 Å². The van der Waals surface area contributed by atoms with E-state index in [0.29, 0.717) is 26.2 Å². The first-order valence-corrected chi connectivity index (χ1v) is 21.3. The summed E-state index contributed by atoms with van der Waals surface area (Å²) in [6, 6.07) is 12.3. The number of nitrogens with zero attached hydrogens (tertiary/aromatic N) is 4. The summed E-state index contributed by atoms with van der Waals surface area (Å²) in [7, 11) is -3.88. The Balaban J connectivity index is 0.000000350. The Morgan fingerprint density at radius 3 is 1.88 bits per heavy atom. The second kappa shape index (κ2) is 28.1. The number of urea groups is 3. The normalized spacial score (nSPS) is 14.9. The molecule has 64 heavy (non-hydrogen) atoms. The number of hydrogen-bond donors (Lipinski definition) is 6. The van der Waals surface area contributed by atoms with Gasteiger partial charge in [-0.1, -0.05) is 61.9 Å². The fraction of sp³-hybridized carbons (Fsp3) is 0.526. The minimum absolute atomic E-state index is 0.00134. The predicted molar refractivity (Wildman–Crippen MR) is 225 cm³/mol. The molecule has 0 aliphatic carbocycles. The zero-order valence-electron chi connectivity index (χ0n) is 35.6. The number of Topliss-reactive ketones (excluding diaryl/α,β-unsaturated/α-hetero) is 1. The fourth-order valence-corrected chi connectivity index (χ4v) is 6.34. The smallest absolute Gasteiger partial charge is 0.408 e. The molecule has 2 atom stereocenters. The van der Waals surface area contributed by atoms with E-state index in [-0.39, 0.29) is 61.6 Å². The molecule has 3 aliphatic rings. The molecule has 24 nitrogen and oxygen atoms in total. The highest BCUT2D eigenvalue weighted by Crippen LogP contribution is 2.13. The van der Waals surface area contributed by atoms with E-state index in [1.807, 2.05) is 39.0 Å². The summed E-state index contributed by atoms with van der Waals surface area (Å²) in [5.74, 6) is -1.44. The number of carbonyl (C=O) groups excluding carboxylic acids is 6. The molecule has 0 spiro atoms. The number of rotatable bonds is 19. The molecular weight excluding hydrogens is 872 g/mol. The molecule has 3 aliphatic heterocycles. The number of amides is 8. The predicted octanol–water partition coefficient (Wildman–Crippen LogP) is 0.941. The van der Waals surface area contributed by atoms with Crippen LogP contribution in [0.2, 0.25) is 0 Å². The molecule has 2 aromatic carbocycles. The van der Waals surface area contributed by atoms with E-state index in [2.05, 4.69) is 36.1 Å². The highest BCUT2D eigenvalue weighted by atomic mass is 32.2. The SMILES string of the molecule is CC(C)C[C@H](NC(=O)OCc1ccccc1)C(=O)NC(CN1CCNC1=O)C(=O)CF.Cc1ccc(S(=O)(=O)OCC[N+](=O)[O-])cc1.O=C1NCCN1.O=C1NCCN1CC[N+](=O)[O-]. The van der Waals surface area contributed by atoms with Gasteiger partial charge in [0.15, 0.2) is 5.78 Å². The number of ketones is 1. The van der Waals surface area contributed by atoms with E-state index in [1.165, 1.54) is 21.9 Å². The molecule has 0 saturated carbocycles. The molecule has 8 amide bonds. The van der Waals surface area contributed by atoms with Crippen LogP contribution >= 0.6 is 0 Å². The average molecular weight is 927 g/mol. The Kier molecular flexibility index (Phi) is 23.4. The summed E-state index contributed by atoms with van der Waals surface area (Å²) in [6.45, 7) is 6.71. The lowest BCUT2D eigenvalue weighted by molar-refractivity contribution is -0.481. The first-order chi connectivity index (χ1) is 30.3. The first-order valence-electron chi connectivity index (χ1n) is 19.9. The number of benzene rings is 2. The molecular formula is C38H55FN10O14S. The molecule has 3 saturated heterocycles. The number of carbonyl (C=O) groups is 6. The van der Waals surface area contributed by atoms with Crippen molar-refractivity contribution in [1.82, 2.24) is 41.7 Å². The lowest BCUT2D eigenvalue weighted by Gasteiger charge is -2.25. The van der Waals surface area contributed by atoms with Crippen molar-refractivity contribution in [3.8, 4) is 0 Å². The van der Waals surface area contributed by atoms with Crippen molar-refractivity contribution in [1.29, 1.82) is 0 Å². The summed E-state index contributed by atoms with van der Waals surface area (Å²) < 4.78 is 45.7. The van der Waals surface area contributed by atoms with Gasteiger partial charge in [0.05, 0.1) is 11.4 Å². The minimum Gasteiger partial charge on any atom is -0.445 e. The van der Waals surface area contributed by atoms with Crippen molar-refractivity contribution < 1.29 is 60.3 Å². The number of ether oxygens (including phenoxy) is 1. The highest BCUT2D eigenvalue weighted by molar-refractivity contribution is 7.86. The first kappa shape index (κ1) is 53.4. The Bertz CT molecular complexity index is 1970. The van der Waals surface area contributed by atoms with E-state index < -0.39 is 69.7 Å². The molecule has 6 N–H and O–H groups in total. The topological polar surface area (TPSA) is 320 Å². The minimum atomic E-state index is -3.88. The van der Waals surface area contributed by atoms with Gasteiger partial charge in [-0.2, -0.15) is 8.42 Å². The third-order valence-corrected chi connectivity index (χ3v) is 10.1. The number of alkyl carbamates (subject to hydrolysis) is 1. The Morgan fingerprint density at radius 1 is 0.812 bits per heavy atom. The van der Waals surface area contributed by atoms with Crippen LogP contribution in [0.4, 0.5) is 23.6 Å². The number of aryl methyl sites for hydroxylation is 1. The van der Waals surface area contributed by atoms with Gasteiger partial charge >= 0.3 is 24.2 Å². The molecule has 3 heterocycles. The van der Waals surface area contributed by atoms with Crippen LogP contribution in [0.25, 0.3) is 0 Å². The second-order valence-electron chi connectivity index (χ2n) is 14.3. The van der Waals surface area contributed by atoms with Crippen LogP contribution < -0.4 is 31.9 Å². The largest absolute Gasteiger partial charge is 0.445 e. The van der Waals surface area contributed by atoms with Gasteiger partial charge in [-0.3, -0.25) is 34.0 Å². The standard InChI is InChI=1S/C21H29FN4O5.C9H11NO5S.C5H9N3O3.C3H6N2O/c1-14(2)10-16(25-21(30)31-13-15-6-4-3-5-7-15)19(28)24-17(18(27)11-22)12-26-9-8-23-20(26)29;1-8-2-4-9(5-3-8)16(13,14)15-7-6-10(11)12;9-5-6-1-2-7(5)3-4-8(10)11;6-3-4-1-2-5-3/h3-7,14,16-17H,8-13H2,1-2H3,(H,23,29)(H,24,28)(H,25,30);2-5H,6-7H2,1H3;1-4H2,(H,6,9);1-2H2,(H2,4,5,6)/t16-,17?;;;/m0.../s1. The average Bonchev–Trinajstić information content (AvgIpc) is 4.01. The van der Waals surface area contributed by atoms with Crippen molar-refractivity contribution in [2.24, 2.45) is 5.92 Å². The summed E-state index contributed by atoms with van der Waals surface area (Å²) in [5.41, 5.74) is 1.71. The number of nitro groups is 2. The monoisotopic (exact) mass is 926 g/mol. The Morgan fingerprint density at radius 2 is 1.39 bits per heavy atom. The molecule has 3 fully saturated rings. The quantitative estimate of drug-likeness (QED) is 0.0649. The van der Waals surface area contributed by atoms with Crippen LogP contribution in [0.1, 0.15) is 31.4 Å². The van der Waals surface area contributed by atoms with Gasteiger partial charge in [0, 0.05) is 55.7 Å². The molecule has 1 unspecified atom stereocenters. The molecule has 0 aromatic heterocycles. The highest BCUT2D eigenvalue weighted by Gasteiger charge is 2.31. The van der Waals surface area contributed by atoms with Gasteiger partial charge in [-0.15, -0.1) is 0 Å². The number of hydrogen-bond acceptors (Lipinski definition) is 14. The van der Waals surface area contributed by atoms with Crippen molar-refractivity contribution in [2.75, 3.05) is 78.7 Å². The van der Waals surface area contributed by atoms with Crippen molar-refractivity contribution >= 4 is 46.0 Å². The van der Waals surface area contributed by atoms with Gasteiger partial charge < -0.3 is 46.4 Å². The maximum absolute atomic E-state index is 13.0. The third-order valence-electron chi connectivity index (χ3n) is 8.73. The zero-order chi connectivity index (χ0) is 47.7. The third kappa shape index (κ3) is 21.4. The van der Waals surface area contributed by atoms with Gasteiger partial charge in [-0.05, 0) is 37.0 Å². The van der Waals surface area contributed by atoms with E-state index >= 15 is 0 Å². The van der Waals surface area contributed by atoms with Gasteiger partial charge in [0.2, 0.25) is 19.0 Å². The number of nitrogens with one attached hydrogen (secondary N) is 6. The van der Waals surface area contributed by atoms with Crippen molar-refractivity contribution in [3.63, 3.8) is 0 Å². The van der Waals surface area contributed by atoms with Crippen LogP contribution in [0, 0.1) is 33.1 Å². The van der Waals surface area contributed by atoms with Gasteiger partial charge in [-0.25, -0.2) is 23.6 Å². The lowest BCUT2D eigenvalue weighted by Crippen LogP contribution is -2.55. The van der Waals surface area contributed by atoms with Crippen LogP contribution in [0.3, 0.4) is 0 Å². The Hall–Kier alpha value is -6.70. The second-order valence-corrected chi connectivity index (χ2v) is 15.9. The Labute approximate surface area is 368 Å². The molecule has 5 rings (SSSR count). The van der Waals surface area contributed by atoms with Crippen molar-refractivity contribution in [2.45, 2.75) is 50.8 Å². The lowest BCUT2D eigenvalue weighted by atomic mass is 10.0. The van der Waals surface area contributed by atoms with Gasteiger partial charge in [0.1, 0.15) is 32.0 Å². The molecule has 0 bridgehead atoms. The maximum atomic E-state index is 13.0. The summed E-state index contributed by atoms with van der Waals surface area (Å²) in [6.07, 6.45) is -0.496. The van der Waals surface area contributed by atoms with Crippen LogP contribution in [0.5, 0.6) is 0 Å². The van der Waals surface area contributed by atoms with Crippen LogP contribution in [0.15, 0.2) is 59.5 Å². The maximum Gasteiger partial charge on any atom is 0.408 e. The van der Waals surface area contributed by atoms with E-state index in [1.54, 1.807) is 24.3 Å². The molecule has 2 aromatic rings. The number of halogens is 1. The molecule has 26 heteroatoms. The van der Waals surface area contributed by atoms with E-state index in [4.69, 9.17) is 4.74 Å². The van der Waals surface area contributed by atoms with Crippen LogP contribution in [-0.4, -0.2) is 155 Å². The van der Waals surface area contributed by atoms with E-state index in [0.717, 1.165) is 24.2 Å². The number of alkyl halides is 1. The molecule has 354 valence electrons. The van der Waals surface area contributed by atoms with Gasteiger partial charge in [0.25, 0.3) is 10.1 Å². The van der Waals surface area contributed by atoms with E-state index in [9.17, 15) is 61.8 Å². The molecule has 0 radical (unpaired) electrons. The van der Waals surface area contributed by atoms with Crippen LogP contribution in [-0.2, 0) is 35.2 Å².